The minimum Gasteiger partial charge on any atom is -0.331 e. The molecule has 0 aliphatic carbocycles. The molecule has 4 rings (SSSR count). The van der Waals surface area contributed by atoms with Crippen LogP contribution in [0.2, 0.25) is 0 Å². The molecular formula is C23H19N3O2S. The fourth-order valence-corrected chi connectivity index (χ4v) is 3.57. The molecule has 1 amide bonds. The summed E-state index contributed by atoms with van der Waals surface area (Å²) in [6, 6.07) is 19.9. The Morgan fingerprint density at radius 3 is 2.52 bits per heavy atom. The highest BCUT2D eigenvalue weighted by atomic mass is 32.1. The van der Waals surface area contributed by atoms with Crippen molar-refractivity contribution in [3.05, 3.63) is 98.5 Å². The predicted octanol–water partition coefficient (Wildman–Crippen LogP) is 4.92. The summed E-state index contributed by atoms with van der Waals surface area (Å²) in [5, 5.41) is 3.31. The third-order valence-corrected chi connectivity index (χ3v) is 5.29. The quantitative estimate of drug-likeness (QED) is 0.479. The number of carbonyl (C=O) groups excluding carboxylic acids is 1. The Labute approximate surface area is 172 Å². The van der Waals surface area contributed by atoms with E-state index in [1.165, 1.54) is 4.57 Å². The third-order valence-electron chi connectivity index (χ3n) is 5.01. The first-order chi connectivity index (χ1) is 14.0. The van der Waals surface area contributed by atoms with Crippen LogP contribution < -0.4 is 10.9 Å². The minimum absolute atomic E-state index is 0.215. The average Bonchev–Trinajstić information content (AvgIpc) is 2.71. The predicted molar refractivity (Wildman–Crippen MR) is 119 cm³/mol. The number of aryl methyl sites for hydroxylation is 1. The summed E-state index contributed by atoms with van der Waals surface area (Å²) in [5.74, 6) is -0.254. The fraction of sp³-hybridized carbons (Fsp3) is 0.0870. The van der Waals surface area contributed by atoms with Crippen molar-refractivity contribution in [2.75, 3.05) is 5.32 Å². The van der Waals surface area contributed by atoms with Crippen molar-refractivity contribution in [2.45, 2.75) is 13.8 Å². The number of amides is 1. The summed E-state index contributed by atoms with van der Waals surface area (Å²) < 4.78 is 1.79. The monoisotopic (exact) mass is 401 g/mol. The molecule has 0 saturated carbocycles. The van der Waals surface area contributed by atoms with E-state index in [0.29, 0.717) is 22.2 Å². The number of fused-ring (bicyclic) bond motifs is 1. The van der Waals surface area contributed by atoms with Gasteiger partial charge in [0.2, 0.25) is 0 Å². The van der Waals surface area contributed by atoms with E-state index in [4.69, 9.17) is 12.2 Å². The van der Waals surface area contributed by atoms with Crippen molar-refractivity contribution in [1.29, 1.82) is 0 Å². The number of rotatable bonds is 3. The van der Waals surface area contributed by atoms with E-state index in [-0.39, 0.29) is 16.2 Å². The van der Waals surface area contributed by atoms with E-state index in [1.807, 2.05) is 62.4 Å². The maximum absolute atomic E-state index is 13.2. The molecule has 1 aromatic heterocycles. The van der Waals surface area contributed by atoms with E-state index >= 15 is 0 Å². The number of para-hydroxylation sites is 1. The minimum atomic E-state index is -0.254. The Morgan fingerprint density at radius 2 is 1.76 bits per heavy atom. The number of nitrogens with zero attached hydrogens (tertiary/aromatic N) is 1. The Morgan fingerprint density at radius 1 is 1.00 bits per heavy atom. The summed E-state index contributed by atoms with van der Waals surface area (Å²) in [6.45, 7) is 3.96. The van der Waals surface area contributed by atoms with E-state index in [1.54, 1.807) is 18.2 Å². The molecule has 0 atom stereocenters. The van der Waals surface area contributed by atoms with E-state index in [9.17, 15) is 9.59 Å². The van der Waals surface area contributed by atoms with Crippen LogP contribution in [0.25, 0.3) is 16.6 Å². The lowest BCUT2D eigenvalue weighted by Gasteiger charge is -2.13. The van der Waals surface area contributed by atoms with Crippen molar-refractivity contribution in [2.24, 2.45) is 0 Å². The van der Waals surface area contributed by atoms with Crippen molar-refractivity contribution < 1.29 is 4.79 Å². The van der Waals surface area contributed by atoms with Gasteiger partial charge in [-0.15, -0.1) is 0 Å². The first-order valence-corrected chi connectivity index (χ1v) is 9.58. The Hall–Kier alpha value is -3.51. The molecule has 0 aliphatic rings. The highest BCUT2D eigenvalue weighted by Gasteiger charge is 2.13. The van der Waals surface area contributed by atoms with Crippen molar-refractivity contribution >= 4 is 34.7 Å². The molecule has 29 heavy (non-hydrogen) atoms. The van der Waals surface area contributed by atoms with Gasteiger partial charge in [0.05, 0.1) is 16.6 Å². The van der Waals surface area contributed by atoms with Gasteiger partial charge in [-0.05, 0) is 73.6 Å². The molecule has 3 aromatic carbocycles. The summed E-state index contributed by atoms with van der Waals surface area (Å²) in [5.41, 5.74) is 4.29. The molecule has 0 aliphatic heterocycles. The molecule has 0 spiro atoms. The first kappa shape index (κ1) is 18.8. The molecule has 4 aromatic rings. The van der Waals surface area contributed by atoms with E-state index < -0.39 is 0 Å². The topological polar surface area (TPSA) is 66.9 Å². The van der Waals surface area contributed by atoms with Crippen LogP contribution in [0, 0.1) is 18.6 Å². The zero-order chi connectivity index (χ0) is 20.5. The zero-order valence-electron chi connectivity index (χ0n) is 16.0. The van der Waals surface area contributed by atoms with E-state index in [0.717, 1.165) is 16.8 Å². The molecule has 0 unspecified atom stereocenters. The summed E-state index contributed by atoms with van der Waals surface area (Å²) in [4.78, 5) is 28.8. The molecule has 5 nitrogen and oxygen atoms in total. The van der Waals surface area contributed by atoms with Gasteiger partial charge in [0, 0.05) is 11.3 Å². The maximum atomic E-state index is 13.2. The number of H-pyrrole nitrogens is 1. The van der Waals surface area contributed by atoms with Gasteiger partial charge in [-0.25, -0.2) is 0 Å². The Bertz CT molecular complexity index is 1350. The summed E-state index contributed by atoms with van der Waals surface area (Å²) in [6.07, 6.45) is 0. The van der Waals surface area contributed by atoms with Gasteiger partial charge in [-0.2, -0.15) is 0 Å². The van der Waals surface area contributed by atoms with Gasteiger partial charge in [0.1, 0.15) is 0 Å². The Kier molecular flexibility index (Phi) is 4.86. The largest absolute Gasteiger partial charge is 0.331 e. The molecule has 0 saturated heterocycles. The van der Waals surface area contributed by atoms with Crippen molar-refractivity contribution in [3.63, 3.8) is 0 Å². The number of benzene rings is 3. The number of hydrogen-bond donors (Lipinski definition) is 2. The number of aromatic nitrogens is 2. The Balaban J connectivity index is 1.80. The molecule has 0 fully saturated rings. The first-order valence-electron chi connectivity index (χ1n) is 9.18. The van der Waals surface area contributed by atoms with Crippen LogP contribution in [0.5, 0.6) is 0 Å². The maximum Gasteiger partial charge on any atom is 0.266 e. The number of hydrogen-bond acceptors (Lipinski definition) is 3. The van der Waals surface area contributed by atoms with Crippen LogP contribution in [-0.2, 0) is 0 Å². The lowest BCUT2D eigenvalue weighted by molar-refractivity contribution is 0.102. The lowest BCUT2D eigenvalue weighted by atomic mass is 10.1. The standard InChI is InChI=1S/C23H19N3O2S/c1-14-7-6-10-20(15(14)2)26-22(28)18-12-11-16(13-19(18)25-23(26)29)21(27)24-17-8-4-3-5-9-17/h3-13H,1-2H3,(H,24,27)(H,25,29). The molecule has 144 valence electrons. The van der Waals surface area contributed by atoms with Crippen LogP contribution >= 0.6 is 12.2 Å². The SMILES string of the molecule is Cc1cccc(-n2c(=S)[nH]c3cc(C(=O)Nc4ccccc4)ccc3c2=O)c1C. The van der Waals surface area contributed by atoms with Crippen LogP contribution in [0.3, 0.4) is 0 Å². The smallest absolute Gasteiger partial charge is 0.266 e. The molecule has 1 heterocycles. The van der Waals surface area contributed by atoms with Crippen molar-refractivity contribution in [1.82, 2.24) is 9.55 Å². The third kappa shape index (κ3) is 3.50. The molecular weight excluding hydrogens is 382 g/mol. The highest BCUT2D eigenvalue weighted by Crippen LogP contribution is 2.19. The van der Waals surface area contributed by atoms with Crippen molar-refractivity contribution in [3.8, 4) is 5.69 Å². The van der Waals surface area contributed by atoms with Crippen LogP contribution in [0.4, 0.5) is 5.69 Å². The molecule has 2 N–H and O–H groups in total. The van der Waals surface area contributed by atoms with Gasteiger partial charge in [0.15, 0.2) is 4.77 Å². The van der Waals surface area contributed by atoms with Crippen LogP contribution in [-0.4, -0.2) is 15.5 Å². The number of carbonyl (C=O) groups is 1. The average molecular weight is 401 g/mol. The summed E-state index contributed by atoms with van der Waals surface area (Å²) in [7, 11) is 0. The van der Waals surface area contributed by atoms with Gasteiger partial charge in [-0.1, -0.05) is 30.3 Å². The summed E-state index contributed by atoms with van der Waals surface area (Å²) >= 11 is 5.47. The highest BCUT2D eigenvalue weighted by molar-refractivity contribution is 7.71. The second-order valence-corrected chi connectivity index (χ2v) is 7.26. The number of aromatic amines is 1. The van der Waals surface area contributed by atoms with Crippen LogP contribution in [0.15, 0.2) is 71.5 Å². The number of anilines is 1. The normalized spacial score (nSPS) is 10.8. The fourth-order valence-electron chi connectivity index (χ4n) is 3.28. The van der Waals surface area contributed by atoms with Gasteiger partial charge in [0.25, 0.3) is 11.5 Å². The van der Waals surface area contributed by atoms with Gasteiger partial charge in [-0.3, -0.25) is 14.2 Å². The zero-order valence-corrected chi connectivity index (χ0v) is 16.8. The molecule has 0 radical (unpaired) electrons. The second-order valence-electron chi connectivity index (χ2n) is 6.87. The molecule has 6 heteroatoms. The van der Waals surface area contributed by atoms with Gasteiger partial charge >= 0.3 is 0 Å². The molecule has 0 bridgehead atoms. The van der Waals surface area contributed by atoms with Crippen LogP contribution in [0.1, 0.15) is 21.5 Å². The van der Waals surface area contributed by atoms with E-state index in [2.05, 4.69) is 10.3 Å². The van der Waals surface area contributed by atoms with Gasteiger partial charge < -0.3 is 10.3 Å². The second kappa shape index (κ2) is 7.48. The lowest BCUT2D eigenvalue weighted by Crippen LogP contribution is -2.22. The number of nitrogens with one attached hydrogen (secondary N) is 2.